The van der Waals surface area contributed by atoms with Gasteiger partial charge in [-0.2, -0.15) is 0 Å². The van der Waals surface area contributed by atoms with Gasteiger partial charge in [0.25, 0.3) is 0 Å². The van der Waals surface area contributed by atoms with E-state index in [1.165, 1.54) is 12.1 Å². The van der Waals surface area contributed by atoms with Gasteiger partial charge >= 0.3 is 6.36 Å². The van der Waals surface area contributed by atoms with Crippen molar-refractivity contribution < 1.29 is 31.8 Å². The van der Waals surface area contributed by atoms with Crippen LogP contribution in [0.2, 0.25) is 0 Å². The van der Waals surface area contributed by atoms with E-state index >= 15 is 0 Å². The summed E-state index contributed by atoms with van der Waals surface area (Å²) >= 11 is 0. The highest BCUT2D eigenvalue weighted by Gasteiger charge is 2.32. The Morgan fingerprint density at radius 2 is 1.48 bits per heavy atom. The van der Waals surface area contributed by atoms with E-state index in [1.54, 1.807) is 0 Å². The van der Waals surface area contributed by atoms with Gasteiger partial charge in [0.1, 0.15) is 11.6 Å². The summed E-state index contributed by atoms with van der Waals surface area (Å²) in [7, 11) is 0. The Morgan fingerprint density at radius 1 is 0.931 bits per heavy atom. The molecule has 1 aliphatic heterocycles. The van der Waals surface area contributed by atoms with Crippen molar-refractivity contribution in [3.8, 4) is 11.5 Å². The number of hydrogen-bond donors (Lipinski definition) is 2. The molecule has 0 amide bonds. The number of phenols is 1. The third kappa shape index (κ3) is 6.08. The van der Waals surface area contributed by atoms with Gasteiger partial charge in [-0.3, -0.25) is 4.90 Å². The van der Waals surface area contributed by atoms with Crippen LogP contribution in [0.1, 0.15) is 17.2 Å². The first-order chi connectivity index (χ1) is 12.8. The van der Waals surface area contributed by atoms with E-state index < -0.39 is 35.5 Å². The molecule has 1 atom stereocenters. The van der Waals surface area contributed by atoms with Crippen LogP contribution in [0.3, 0.4) is 0 Å². The number of nitrogens with one attached hydrogen (secondary N) is 1. The lowest BCUT2D eigenvalue weighted by Crippen LogP contribution is -2.45. The summed E-state index contributed by atoms with van der Waals surface area (Å²) in [6.45, 7) is 2.18. The number of benzene rings is 2. The fourth-order valence-corrected chi connectivity index (χ4v) is 3.17. The Labute approximate surface area is 176 Å². The second-order valence-electron chi connectivity index (χ2n) is 6.10. The average molecular weight is 461 g/mol. The fourth-order valence-electron chi connectivity index (χ4n) is 3.17. The summed E-state index contributed by atoms with van der Waals surface area (Å²) in [6.07, 6.45) is -4.83. The Kier molecular flexibility index (Phi) is 8.95. The fraction of sp³-hybridized carbons (Fsp3) is 0.333. The lowest BCUT2D eigenvalue weighted by molar-refractivity contribution is -0.274. The van der Waals surface area contributed by atoms with Crippen molar-refractivity contribution in [2.24, 2.45) is 0 Å². The van der Waals surface area contributed by atoms with Crippen LogP contribution in [0.4, 0.5) is 22.0 Å². The minimum atomic E-state index is -4.83. The first-order valence-corrected chi connectivity index (χ1v) is 8.23. The summed E-state index contributed by atoms with van der Waals surface area (Å²) in [5, 5.41) is 13.2. The molecule has 0 aliphatic carbocycles. The molecule has 0 aromatic heterocycles. The lowest BCUT2D eigenvalue weighted by atomic mass is 9.94. The van der Waals surface area contributed by atoms with Gasteiger partial charge in [0.05, 0.1) is 11.6 Å². The van der Waals surface area contributed by atoms with Gasteiger partial charge in [-0.15, -0.1) is 38.0 Å². The zero-order chi connectivity index (χ0) is 19.6. The van der Waals surface area contributed by atoms with E-state index in [0.717, 1.165) is 24.3 Å². The minimum absolute atomic E-state index is 0. The average Bonchev–Trinajstić information content (AvgIpc) is 2.62. The van der Waals surface area contributed by atoms with E-state index in [-0.39, 0.29) is 30.4 Å². The number of phenolic OH excluding ortho intramolecular Hbond substituents is 1. The molecule has 1 saturated heterocycles. The van der Waals surface area contributed by atoms with E-state index in [4.69, 9.17) is 0 Å². The molecule has 11 heteroatoms. The predicted octanol–water partition coefficient (Wildman–Crippen LogP) is 4.41. The van der Waals surface area contributed by atoms with Crippen LogP contribution in [-0.4, -0.2) is 42.5 Å². The Balaban J connectivity index is 0.00000210. The predicted molar refractivity (Wildman–Crippen MR) is 102 cm³/mol. The van der Waals surface area contributed by atoms with Crippen LogP contribution >= 0.6 is 24.8 Å². The second kappa shape index (κ2) is 10.3. The molecular formula is C18H19Cl2F5N2O2. The van der Waals surface area contributed by atoms with E-state index in [1.807, 2.05) is 4.90 Å². The van der Waals surface area contributed by atoms with Gasteiger partial charge in [0, 0.05) is 26.2 Å². The molecule has 29 heavy (non-hydrogen) atoms. The zero-order valence-corrected chi connectivity index (χ0v) is 16.5. The van der Waals surface area contributed by atoms with Gasteiger partial charge in [-0.25, -0.2) is 8.78 Å². The van der Waals surface area contributed by atoms with Crippen molar-refractivity contribution >= 4 is 24.8 Å². The first-order valence-electron chi connectivity index (χ1n) is 8.23. The SMILES string of the molecule is Cl.Cl.Oc1c(F)ccc(F)c1[C@@H](c1ccc(OC(F)(F)F)cc1)N1CCNCC1. The molecule has 2 aromatic carbocycles. The summed E-state index contributed by atoms with van der Waals surface area (Å²) in [4.78, 5) is 1.83. The van der Waals surface area contributed by atoms with E-state index in [9.17, 15) is 27.1 Å². The van der Waals surface area contributed by atoms with Crippen molar-refractivity contribution in [1.29, 1.82) is 0 Å². The number of ether oxygens (including phenoxy) is 1. The summed E-state index contributed by atoms with van der Waals surface area (Å²) in [5.74, 6) is -3.00. The molecule has 0 saturated carbocycles. The molecule has 2 aromatic rings. The van der Waals surface area contributed by atoms with Crippen molar-refractivity contribution in [2.45, 2.75) is 12.4 Å². The maximum absolute atomic E-state index is 14.5. The topological polar surface area (TPSA) is 44.7 Å². The maximum atomic E-state index is 14.5. The third-order valence-electron chi connectivity index (χ3n) is 4.33. The van der Waals surface area contributed by atoms with Crippen molar-refractivity contribution in [3.63, 3.8) is 0 Å². The van der Waals surface area contributed by atoms with Crippen LogP contribution in [0.5, 0.6) is 11.5 Å². The highest BCUT2D eigenvalue weighted by atomic mass is 35.5. The van der Waals surface area contributed by atoms with Crippen molar-refractivity contribution in [1.82, 2.24) is 10.2 Å². The molecule has 4 nitrogen and oxygen atoms in total. The smallest absolute Gasteiger partial charge is 0.505 e. The number of piperazine rings is 1. The maximum Gasteiger partial charge on any atom is 0.573 e. The molecule has 3 rings (SSSR count). The molecule has 162 valence electrons. The zero-order valence-electron chi connectivity index (χ0n) is 14.9. The molecule has 1 fully saturated rings. The Hall–Kier alpha value is -1.81. The monoisotopic (exact) mass is 460 g/mol. The van der Waals surface area contributed by atoms with Crippen LogP contribution in [-0.2, 0) is 0 Å². The van der Waals surface area contributed by atoms with Crippen LogP contribution in [0.25, 0.3) is 0 Å². The quantitative estimate of drug-likeness (QED) is 0.663. The van der Waals surface area contributed by atoms with Crippen LogP contribution in [0.15, 0.2) is 36.4 Å². The molecule has 0 radical (unpaired) electrons. The molecule has 1 heterocycles. The minimum Gasteiger partial charge on any atom is -0.505 e. The van der Waals surface area contributed by atoms with Gasteiger partial charge < -0.3 is 15.2 Å². The molecule has 0 unspecified atom stereocenters. The summed E-state index contributed by atoms with van der Waals surface area (Å²) in [5.41, 5.74) is 0.160. The lowest BCUT2D eigenvalue weighted by Gasteiger charge is -2.36. The summed E-state index contributed by atoms with van der Waals surface area (Å²) in [6, 6.07) is 5.78. The van der Waals surface area contributed by atoms with Crippen LogP contribution < -0.4 is 10.1 Å². The molecule has 2 N–H and O–H groups in total. The molecular weight excluding hydrogens is 442 g/mol. The van der Waals surface area contributed by atoms with Crippen molar-refractivity contribution in [2.75, 3.05) is 26.2 Å². The standard InChI is InChI=1S/C18H17F5N2O2.2ClH/c19-13-5-6-14(20)17(26)15(13)16(25-9-7-24-8-10-25)11-1-3-12(4-2-11)27-18(21,22)23;;/h1-6,16,24,26H,7-10H2;2*1H/t16-;;/m1../s1. The van der Waals surface area contributed by atoms with Crippen LogP contribution in [0, 0.1) is 11.6 Å². The number of halogens is 7. The Bertz CT molecular complexity index is 800. The first kappa shape index (κ1) is 25.2. The van der Waals surface area contributed by atoms with Gasteiger partial charge in [0.2, 0.25) is 0 Å². The third-order valence-corrected chi connectivity index (χ3v) is 4.33. The Morgan fingerprint density at radius 3 is 2.03 bits per heavy atom. The number of alkyl halides is 3. The van der Waals surface area contributed by atoms with E-state index in [0.29, 0.717) is 31.7 Å². The second-order valence-corrected chi connectivity index (χ2v) is 6.10. The number of nitrogens with zero attached hydrogens (tertiary/aromatic N) is 1. The number of rotatable bonds is 4. The number of aromatic hydroxyl groups is 1. The molecule has 0 bridgehead atoms. The molecule has 0 spiro atoms. The largest absolute Gasteiger partial charge is 0.573 e. The van der Waals surface area contributed by atoms with Gasteiger partial charge in [-0.05, 0) is 29.8 Å². The normalized spacial score (nSPS) is 15.8. The van der Waals surface area contributed by atoms with Gasteiger partial charge in [-0.1, -0.05) is 12.1 Å². The van der Waals surface area contributed by atoms with Gasteiger partial charge in [0.15, 0.2) is 11.6 Å². The number of hydrogen-bond acceptors (Lipinski definition) is 4. The summed E-state index contributed by atoms with van der Waals surface area (Å²) < 4.78 is 69.2. The molecule has 1 aliphatic rings. The highest BCUT2D eigenvalue weighted by molar-refractivity contribution is 5.85. The highest BCUT2D eigenvalue weighted by Crippen LogP contribution is 2.38. The van der Waals surface area contributed by atoms with Crippen molar-refractivity contribution in [3.05, 3.63) is 59.2 Å². The van der Waals surface area contributed by atoms with E-state index in [2.05, 4.69) is 10.1 Å².